The van der Waals surface area contributed by atoms with Gasteiger partial charge in [-0.25, -0.2) is 0 Å². The number of carbonyl (C=O) groups is 3. The number of esters is 3. The Kier molecular flexibility index (Phi) is 40.3. The SMILES string of the molecule is CCCCCCCCCCCCCCCC(=O)OCC(COC(=O)CCCCCCCCCCCCCCC)OC(=O)C(C)CCCCCCCCO. The maximum Gasteiger partial charge on any atom is 0.309 e. The van der Waals surface area contributed by atoms with Crippen LogP contribution in [0.4, 0.5) is 0 Å². The van der Waals surface area contributed by atoms with Gasteiger partial charge in [0.25, 0.3) is 0 Å². The Bertz CT molecular complexity index is 755. The van der Waals surface area contributed by atoms with Crippen LogP contribution in [0.2, 0.25) is 0 Å². The van der Waals surface area contributed by atoms with E-state index in [1.165, 1.54) is 128 Å². The van der Waals surface area contributed by atoms with Crippen LogP contribution in [0.1, 0.15) is 245 Å². The fourth-order valence-corrected chi connectivity index (χ4v) is 6.87. The molecule has 0 rings (SSSR count). The second-order valence-corrected chi connectivity index (χ2v) is 15.9. The highest BCUT2D eigenvalue weighted by Crippen LogP contribution is 2.17. The zero-order chi connectivity index (χ0) is 38.9. The van der Waals surface area contributed by atoms with Crippen molar-refractivity contribution in [1.82, 2.24) is 0 Å². The first-order chi connectivity index (χ1) is 25.9. The molecule has 0 radical (unpaired) electrons. The van der Waals surface area contributed by atoms with Crippen molar-refractivity contribution in [3.8, 4) is 0 Å². The van der Waals surface area contributed by atoms with Gasteiger partial charge in [-0.1, -0.05) is 207 Å². The molecule has 314 valence electrons. The minimum atomic E-state index is -0.797. The standard InChI is InChI=1S/C46H88O7/c1-4-6-8-10-12-14-16-18-20-22-24-29-33-37-44(48)51-40-43(53-46(50)42(3)36-32-28-26-27-31-35-39-47)41-52-45(49)38-34-30-25-23-21-19-17-15-13-11-9-7-5-2/h42-43,47H,4-41H2,1-3H3. The number of carbonyl (C=O) groups excluding carboxylic acids is 3. The fourth-order valence-electron chi connectivity index (χ4n) is 6.87. The monoisotopic (exact) mass is 753 g/mol. The topological polar surface area (TPSA) is 99.1 Å². The average molecular weight is 753 g/mol. The van der Waals surface area contributed by atoms with Gasteiger partial charge in [-0.2, -0.15) is 0 Å². The Balaban J connectivity index is 4.37. The molecule has 0 heterocycles. The van der Waals surface area contributed by atoms with E-state index < -0.39 is 6.10 Å². The summed E-state index contributed by atoms with van der Waals surface area (Å²) < 4.78 is 16.8. The Morgan fingerprint density at radius 3 is 1.08 bits per heavy atom. The van der Waals surface area contributed by atoms with Crippen LogP contribution in [0.25, 0.3) is 0 Å². The van der Waals surface area contributed by atoms with Crippen molar-refractivity contribution >= 4 is 17.9 Å². The van der Waals surface area contributed by atoms with Gasteiger partial charge in [0.15, 0.2) is 6.10 Å². The van der Waals surface area contributed by atoms with Crippen LogP contribution < -0.4 is 0 Å². The summed E-state index contributed by atoms with van der Waals surface area (Å²) in [6.07, 6.45) is 39.2. The highest BCUT2D eigenvalue weighted by atomic mass is 16.6. The van der Waals surface area contributed by atoms with Crippen molar-refractivity contribution in [2.24, 2.45) is 5.92 Å². The van der Waals surface area contributed by atoms with Gasteiger partial charge >= 0.3 is 17.9 Å². The molecule has 1 atom stereocenters. The Morgan fingerprint density at radius 1 is 0.434 bits per heavy atom. The second-order valence-electron chi connectivity index (χ2n) is 15.9. The molecule has 0 aromatic rings. The number of aliphatic hydroxyl groups excluding tert-OH is 1. The zero-order valence-electron chi connectivity index (χ0n) is 35.4. The molecule has 0 aliphatic carbocycles. The van der Waals surface area contributed by atoms with Crippen molar-refractivity contribution in [2.45, 2.75) is 252 Å². The summed E-state index contributed by atoms with van der Waals surface area (Å²) in [5, 5.41) is 8.94. The lowest BCUT2D eigenvalue weighted by molar-refractivity contribution is -0.169. The second kappa shape index (κ2) is 41.5. The molecule has 7 nitrogen and oxygen atoms in total. The number of aliphatic hydroxyl groups is 1. The van der Waals surface area contributed by atoms with Gasteiger partial charge in [0.05, 0.1) is 5.92 Å². The molecular weight excluding hydrogens is 664 g/mol. The molecule has 0 saturated heterocycles. The third-order valence-corrected chi connectivity index (χ3v) is 10.6. The van der Waals surface area contributed by atoms with Crippen LogP contribution in [-0.2, 0) is 28.6 Å². The van der Waals surface area contributed by atoms with Gasteiger partial charge in [-0.05, 0) is 25.7 Å². The van der Waals surface area contributed by atoms with Gasteiger partial charge in [-0.3, -0.25) is 14.4 Å². The van der Waals surface area contributed by atoms with Crippen molar-refractivity contribution in [2.75, 3.05) is 19.8 Å². The molecule has 53 heavy (non-hydrogen) atoms. The van der Waals surface area contributed by atoms with E-state index in [9.17, 15) is 14.4 Å². The number of unbranched alkanes of at least 4 members (excludes halogenated alkanes) is 29. The van der Waals surface area contributed by atoms with E-state index in [4.69, 9.17) is 19.3 Å². The predicted molar refractivity (Wildman–Crippen MR) is 221 cm³/mol. The molecule has 0 aromatic carbocycles. The smallest absolute Gasteiger partial charge is 0.309 e. The molecule has 0 saturated carbocycles. The summed E-state index contributed by atoms with van der Waals surface area (Å²) in [5.41, 5.74) is 0. The van der Waals surface area contributed by atoms with E-state index in [1.807, 2.05) is 6.92 Å². The summed E-state index contributed by atoms with van der Waals surface area (Å²) in [7, 11) is 0. The van der Waals surface area contributed by atoms with Crippen molar-refractivity contribution in [3.63, 3.8) is 0 Å². The van der Waals surface area contributed by atoms with E-state index in [1.54, 1.807) is 0 Å². The number of hydrogen-bond acceptors (Lipinski definition) is 7. The molecule has 7 heteroatoms. The first-order valence-corrected chi connectivity index (χ1v) is 23.1. The van der Waals surface area contributed by atoms with Crippen LogP contribution in [0.15, 0.2) is 0 Å². The zero-order valence-corrected chi connectivity index (χ0v) is 35.4. The normalized spacial score (nSPS) is 11.9. The Labute approximate surface area is 328 Å². The molecule has 1 N–H and O–H groups in total. The largest absolute Gasteiger partial charge is 0.462 e. The van der Waals surface area contributed by atoms with Gasteiger partial charge in [0.2, 0.25) is 0 Å². The summed E-state index contributed by atoms with van der Waals surface area (Å²) in [6, 6.07) is 0. The molecule has 0 bridgehead atoms. The van der Waals surface area contributed by atoms with Crippen LogP contribution in [0.3, 0.4) is 0 Å². The predicted octanol–water partition coefficient (Wildman–Crippen LogP) is 13.3. The van der Waals surface area contributed by atoms with Crippen molar-refractivity contribution < 1.29 is 33.7 Å². The molecular formula is C46H88O7. The fraction of sp³-hybridized carbons (Fsp3) is 0.935. The third kappa shape index (κ3) is 38.4. The lowest BCUT2D eigenvalue weighted by Crippen LogP contribution is -2.32. The highest BCUT2D eigenvalue weighted by molar-refractivity contribution is 5.72. The Morgan fingerprint density at radius 2 is 0.736 bits per heavy atom. The highest BCUT2D eigenvalue weighted by Gasteiger charge is 2.23. The minimum absolute atomic E-state index is 0.0907. The van der Waals surface area contributed by atoms with E-state index >= 15 is 0 Å². The van der Waals surface area contributed by atoms with Crippen LogP contribution >= 0.6 is 0 Å². The Hall–Kier alpha value is -1.63. The first kappa shape index (κ1) is 51.4. The van der Waals surface area contributed by atoms with Crippen LogP contribution in [0.5, 0.6) is 0 Å². The van der Waals surface area contributed by atoms with Crippen molar-refractivity contribution in [3.05, 3.63) is 0 Å². The summed E-state index contributed by atoms with van der Waals surface area (Å²) in [4.78, 5) is 38.0. The third-order valence-electron chi connectivity index (χ3n) is 10.6. The lowest BCUT2D eigenvalue weighted by atomic mass is 10.0. The van der Waals surface area contributed by atoms with Crippen LogP contribution in [-0.4, -0.2) is 48.9 Å². The number of rotatable bonds is 42. The summed E-state index contributed by atoms with van der Waals surface area (Å²) >= 11 is 0. The van der Waals surface area contributed by atoms with Gasteiger partial charge in [-0.15, -0.1) is 0 Å². The lowest BCUT2D eigenvalue weighted by Gasteiger charge is -2.20. The molecule has 0 aromatic heterocycles. The summed E-state index contributed by atoms with van der Waals surface area (Å²) in [5.74, 6) is -1.20. The van der Waals surface area contributed by atoms with E-state index in [2.05, 4.69) is 13.8 Å². The average Bonchev–Trinajstić information content (AvgIpc) is 3.15. The van der Waals surface area contributed by atoms with Gasteiger partial charge in [0.1, 0.15) is 13.2 Å². The minimum Gasteiger partial charge on any atom is -0.462 e. The van der Waals surface area contributed by atoms with Gasteiger partial charge < -0.3 is 19.3 Å². The maximum atomic E-state index is 12.9. The summed E-state index contributed by atoms with van der Waals surface area (Å²) in [6.45, 7) is 6.45. The molecule has 0 aliphatic heterocycles. The molecule has 0 amide bonds. The molecule has 0 fully saturated rings. The van der Waals surface area contributed by atoms with E-state index in [-0.39, 0.29) is 43.6 Å². The van der Waals surface area contributed by atoms with Gasteiger partial charge in [0, 0.05) is 19.4 Å². The first-order valence-electron chi connectivity index (χ1n) is 23.1. The van der Waals surface area contributed by atoms with Crippen molar-refractivity contribution in [1.29, 1.82) is 0 Å². The van der Waals surface area contributed by atoms with E-state index in [0.29, 0.717) is 12.8 Å². The molecule has 1 unspecified atom stereocenters. The van der Waals surface area contributed by atoms with Crippen LogP contribution in [0, 0.1) is 5.92 Å². The number of hydrogen-bond donors (Lipinski definition) is 1. The maximum absolute atomic E-state index is 12.9. The molecule has 0 aliphatic rings. The van der Waals surface area contributed by atoms with E-state index in [0.717, 1.165) is 83.5 Å². The number of ether oxygens (including phenoxy) is 3. The quantitative estimate of drug-likeness (QED) is 0.0376. The molecule has 0 spiro atoms.